The van der Waals surface area contributed by atoms with Gasteiger partial charge in [-0.3, -0.25) is 14.9 Å². The lowest BCUT2D eigenvalue weighted by Gasteiger charge is -2.26. The van der Waals surface area contributed by atoms with E-state index in [9.17, 15) is 19.2 Å². The van der Waals surface area contributed by atoms with Crippen molar-refractivity contribution in [3.05, 3.63) is 100 Å². The number of halogens is 1. The summed E-state index contributed by atoms with van der Waals surface area (Å²) in [6, 6.07) is 19.6. The molecule has 8 nitrogen and oxygen atoms in total. The van der Waals surface area contributed by atoms with Gasteiger partial charge in [-0.2, -0.15) is 0 Å². The fourth-order valence-electron chi connectivity index (χ4n) is 3.49. The van der Waals surface area contributed by atoms with Gasteiger partial charge in [0.2, 0.25) is 0 Å². The Labute approximate surface area is 221 Å². The molecule has 3 aromatic carbocycles. The normalized spacial score (nSPS) is 14.7. The first-order chi connectivity index (χ1) is 17.9. The number of carbonyl (C=O) groups excluding carboxylic acids is 4. The van der Waals surface area contributed by atoms with Gasteiger partial charge >= 0.3 is 12.0 Å². The molecule has 1 fully saturated rings. The summed E-state index contributed by atoms with van der Waals surface area (Å²) < 4.78 is 11.8. The summed E-state index contributed by atoms with van der Waals surface area (Å²) in [6.07, 6.45) is 4.28. The summed E-state index contributed by atoms with van der Waals surface area (Å²) in [5.74, 6) is -1.75. The van der Waals surface area contributed by atoms with Crippen LogP contribution in [0.3, 0.4) is 0 Å². The molecule has 0 radical (unpaired) electrons. The van der Waals surface area contributed by atoms with Crippen molar-refractivity contribution in [1.29, 1.82) is 0 Å². The molecule has 1 heterocycles. The summed E-state index contributed by atoms with van der Waals surface area (Å²) in [6.45, 7) is 2.06. The predicted octanol–water partition coefficient (Wildman–Crippen LogP) is 5.13. The first-order valence-corrected chi connectivity index (χ1v) is 12.0. The molecular weight excluding hydrogens is 540 g/mol. The number of urea groups is 1. The minimum atomic E-state index is -0.838. The number of nitrogens with zero attached hydrogens (tertiary/aromatic N) is 1. The van der Waals surface area contributed by atoms with Crippen LogP contribution in [0, 0.1) is 0 Å². The molecule has 37 heavy (non-hydrogen) atoms. The Morgan fingerprint density at radius 3 is 2.38 bits per heavy atom. The first kappa shape index (κ1) is 25.6. The number of amides is 4. The number of ether oxygens (including phenoxy) is 2. The molecule has 0 aromatic heterocycles. The van der Waals surface area contributed by atoms with Crippen LogP contribution >= 0.6 is 15.9 Å². The highest BCUT2D eigenvalue weighted by molar-refractivity contribution is 9.10. The summed E-state index contributed by atoms with van der Waals surface area (Å²) in [5.41, 5.74) is 1.36. The topological polar surface area (TPSA) is 102 Å². The fraction of sp³-hybridized carbons (Fsp3) is 0.0714. The first-order valence-electron chi connectivity index (χ1n) is 11.2. The van der Waals surface area contributed by atoms with E-state index in [0.29, 0.717) is 11.3 Å². The Morgan fingerprint density at radius 1 is 0.946 bits per heavy atom. The zero-order chi connectivity index (χ0) is 26.4. The summed E-state index contributed by atoms with van der Waals surface area (Å²) in [7, 11) is 0. The fourth-order valence-corrected chi connectivity index (χ4v) is 3.75. The molecule has 0 bridgehead atoms. The van der Waals surface area contributed by atoms with E-state index >= 15 is 0 Å². The van der Waals surface area contributed by atoms with Crippen molar-refractivity contribution in [1.82, 2.24) is 5.32 Å². The Kier molecular flexibility index (Phi) is 7.95. The van der Waals surface area contributed by atoms with Crippen LogP contribution in [0.4, 0.5) is 10.5 Å². The Balaban J connectivity index is 1.58. The molecule has 186 valence electrons. The third kappa shape index (κ3) is 6.20. The van der Waals surface area contributed by atoms with Crippen LogP contribution in [0.5, 0.6) is 11.5 Å². The molecule has 9 heteroatoms. The summed E-state index contributed by atoms with van der Waals surface area (Å²) in [4.78, 5) is 51.2. The van der Waals surface area contributed by atoms with Crippen LogP contribution in [-0.4, -0.2) is 30.4 Å². The Morgan fingerprint density at radius 2 is 1.68 bits per heavy atom. The predicted molar refractivity (Wildman–Crippen MR) is 142 cm³/mol. The highest BCUT2D eigenvalue weighted by Gasteiger charge is 2.36. The number of anilines is 1. The third-order valence-electron chi connectivity index (χ3n) is 5.19. The largest absolute Gasteiger partial charge is 0.490 e. The van der Waals surface area contributed by atoms with E-state index in [0.717, 1.165) is 14.9 Å². The van der Waals surface area contributed by atoms with E-state index in [1.54, 1.807) is 49.4 Å². The molecule has 0 unspecified atom stereocenters. The molecule has 0 atom stereocenters. The number of barbiturate groups is 1. The van der Waals surface area contributed by atoms with E-state index in [1.807, 2.05) is 30.3 Å². The van der Waals surface area contributed by atoms with Crippen molar-refractivity contribution >= 4 is 57.6 Å². The number of benzene rings is 3. The highest BCUT2D eigenvalue weighted by Crippen LogP contribution is 2.31. The highest BCUT2D eigenvalue weighted by atomic mass is 79.9. The number of rotatable bonds is 7. The van der Waals surface area contributed by atoms with Gasteiger partial charge < -0.3 is 9.47 Å². The number of nitrogens with one attached hydrogen (secondary N) is 1. The van der Waals surface area contributed by atoms with Crippen molar-refractivity contribution in [2.45, 2.75) is 6.92 Å². The van der Waals surface area contributed by atoms with E-state index < -0.39 is 23.8 Å². The Hall–Kier alpha value is -4.50. The molecule has 0 spiro atoms. The van der Waals surface area contributed by atoms with E-state index in [4.69, 9.17) is 9.47 Å². The molecule has 1 aliphatic rings. The van der Waals surface area contributed by atoms with Crippen LogP contribution in [-0.2, 0) is 14.4 Å². The van der Waals surface area contributed by atoms with Crippen molar-refractivity contribution in [3.63, 3.8) is 0 Å². The van der Waals surface area contributed by atoms with Crippen molar-refractivity contribution in [3.8, 4) is 11.5 Å². The van der Waals surface area contributed by atoms with Crippen LogP contribution < -0.4 is 19.7 Å². The Bertz CT molecular complexity index is 1410. The second kappa shape index (κ2) is 11.5. The number of esters is 1. The molecule has 4 rings (SSSR count). The maximum Gasteiger partial charge on any atom is 0.336 e. The zero-order valence-corrected chi connectivity index (χ0v) is 21.2. The maximum absolute atomic E-state index is 13.1. The third-order valence-corrected chi connectivity index (χ3v) is 5.72. The van der Waals surface area contributed by atoms with Gasteiger partial charge in [0.15, 0.2) is 11.5 Å². The number of carbonyl (C=O) groups is 4. The smallest absolute Gasteiger partial charge is 0.336 e. The van der Waals surface area contributed by atoms with Gasteiger partial charge in [-0.15, -0.1) is 0 Å². The second-order valence-electron chi connectivity index (χ2n) is 7.74. The zero-order valence-electron chi connectivity index (χ0n) is 19.6. The lowest BCUT2D eigenvalue weighted by molar-refractivity contribution is -0.129. The van der Waals surface area contributed by atoms with Gasteiger partial charge in [-0.1, -0.05) is 52.3 Å². The second-order valence-corrected chi connectivity index (χ2v) is 8.65. The lowest BCUT2D eigenvalue weighted by Crippen LogP contribution is -2.54. The van der Waals surface area contributed by atoms with Gasteiger partial charge in [0.25, 0.3) is 11.8 Å². The average molecular weight is 561 g/mol. The molecule has 4 amide bonds. The van der Waals surface area contributed by atoms with Gasteiger partial charge in [-0.25, -0.2) is 14.5 Å². The SMILES string of the molecule is CCOc1cc(/C=C2\C(=O)NC(=O)N(c3ccc(Br)cc3)C2=O)ccc1OC(=O)/C=C/c1ccccc1. The molecular formula is C28H21BrN2O6. The van der Waals surface area contributed by atoms with Crippen molar-refractivity contribution in [2.24, 2.45) is 0 Å². The lowest BCUT2D eigenvalue weighted by atomic mass is 10.1. The minimum absolute atomic E-state index is 0.179. The van der Waals surface area contributed by atoms with Crippen LogP contribution in [0.1, 0.15) is 18.1 Å². The molecule has 3 aromatic rings. The van der Waals surface area contributed by atoms with Crippen molar-refractivity contribution in [2.75, 3.05) is 11.5 Å². The summed E-state index contributed by atoms with van der Waals surface area (Å²) >= 11 is 3.31. The van der Waals surface area contributed by atoms with Crippen LogP contribution in [0.15, 0.2) is 88.9 Å². The van der Waals surface area contributed by atoms with Crippen LogP contribution in [0.25, 0.3) is 12.2 Å². The van der Waals surface area contributed by atoms with E-state index in [1.165, 1.54) is 18.2 Å². The summed E-state index contributed by atoms with van der Waals surface area (Å²) in [5, 5.41) is 2.19. The van der Waals surface area contributed by atoms with Gasteiger partial charge in [0, 0.05) is 10.5 Å². The average Bonchev–Trinajstić information content (AvgIpc) is 2.88. The van der Waals surface area contributed by atoms with Gasteiger partial charge in [0.05, 0.1) is 12.3 Å². The molecule has 0 saturated carbocycles. The van der Waals surface area contributed by atoms with Crippen LogP contribution in [0.2, 0.25) is 0 Å². The molecule has 1 N–H and O–H groups in total. The van der Waals surface area contributed by atoms with Crippen molar-refractivity contribution < 1.29 is 28.7 Å². The van der Waals surface area contributed by atoms with E-state index in [-0.39, 0.29) is 23.7 Å². The maximum atomic E-state index is 13.1. The van der Waals surface area contributed by atoms with Gasteiger partial charge in [-0.05, 0) is 66.6 Å². The molecule has 1 saturated heterocycles. The standard InChI is InChI=1S/C28H21BrN2O6/c1-2-36-24-17-19(8-14-23(24)37-25(32)15-9-18-6-4-3-5-7-18)16-22-26(33)30-28(35)31(27(22)34)21-12-10-20(29)11-13-21/h3-17H,2H2,1H3,(H,30,33,35)/b15-9+,22-16+. The number of hydrogen-bond donors (Lipinski definition) is 1. The van der Waals surface area contributed by atoms with E-state index in [2.05, 4.69) is 21.2 Å². The quantitative estimate of drug-likeness (QED) is 0.186. The number of hydrogen-bond acceptors (Lipinski definition) is 6. The molecule has 0 aliphatic carbocycles. The van der Waals surface area contributed by atoms with Gasteiger partial charge in [0.1, 0.15) is 5.57 Å². The minimum Gasteiger partial charge on any atom is -0.490 e. The monoisotopic (exact) mass is 560 g/mol. The molecule has 1 aliphatic heterocycles. The number of imide groups is 2.